The van der Waals surface area contributed by atoms with Crippen LogP contribution in [0.1, 0.15) is 79.4 Å². The van der Waals surface area contributed by atoms with Gasteiger partial charge in [0.05, 0.1) is 13.2 Å². The van der Waals surface area contributed by atoms with E-state index in [1.807, 2.05) is 38.1 Å². The van der Waals surface area contributed by atoms with Crippen molar-refractivity contribution < 1.29 is 19.7 Å². The first-order chi connectivity index (χ1) is 14.9. The lowest BCUT2D eigenvalue weighted by Gasteiger charge is -2.24. The molecule has 0 amide bonds. The molecular weight excluding hydrogens is 440 g/mol. The molecule has 178 valence electrons. The Morgan fingerprint density at radius 3 is 1.28 bits per heavy atom. The van der Waals surface area contributed by atoms with Crippen molar-refractivity contribution in [1.82, 2.24) is 0 Å². The number of phenols is 2. The van der Waals surface area contributed by atoms with Crippen molar-refractivity contribution in [3.8, 4) is 23.0 Å². The van der Waals surface area contributed by atoms with Gasteiger partial charge in [-0.2, -0.15) is 0 Å². The molecule has 6 heteroatoms. The van der Waals surface area contributed by atoms with Gasteiger partial charge in [0.25, 0.3) is 0 Å². The second-order valence-electron chi connectivity index (χ2n) is 10.00. The van der Waals surface area contributed by atoms with Crippen LogP contribution in [0.25, 0.3) is 0 Å². The Kier molecular flexibility index (Phi) is 9.12. The number of hydrogen-bond acceptors (Lipinski definition) is 6. The third kappa shape index (κ3) is 6.92. The summed E-state index contributed by atoms with van der Waals surface area (Å²) >= 11 is 0. The Hall–Kier alpha value is -1.66. The number of rotatable bonds is 9. The summed E-state index contributed by atoms with van der Waals surface area (Å²) in [6.07, 6.45) is 1.75. The topological polar surface area (TPSA) is 58.9 Å². The minimum absolute atomic E-state index is 0.214. The molecule has 2 aromatic rings. The van der Waals surface area contributed by atoms with E-state index in [1.54, 1.807) is 21.6 Å². The molecule has 2 N–H and O–H groups in total. The average molecular weight is 479 g/mol. The molecule has 0 fully saturated rings. The Bertz CT molecular complexity index is 836. The van der Waals surface area contributed by atoms with Crippen molar-refractivity contribution in [2.24, 2.45) is 0 Å². The number of benzene rings is 2. The molecule has 2 rings (SSSR count). The highest BCUT2D eigenvalue weighted by Crippen LogP contribution is 2.48. The Morgan fingerprint density at radius 2 is 1.00 bits per heavy atom. The van der Waals surface area contributed by atoms with Crippen molar-refractivity contribution in [3.63, 3.8) is 0 Å². The molecule has 0 spiro atoms. The number of ether oxygens (including phenoxy) is 2. The zero-order chi connectivity index (χ0) is 24.1. The van der Waals surface area contributed by atoms with E-state index in [1.165, 1.54) is 0 Å². The third-order valence-electron chi connectivity index (χ3n) is 4.87. The van der Waals surface area contributed by atoms with Gasteiger partial charge in [-0.1, -0.05) is 77.0 Å². The van der Waals surface area contributed by atoms with Crippen LogP contribution in [0.2, 0.25) is 0 Å². The molecule has 32 heavy (non-hydrogen) atoms. The van der Waals surface area contributed by atoms with Crippen molar-refractivity contribution in [2.45, 2.75) is 88.9 Å². The second kappa shape index (κ2) is 11.0. The van der Waals surface area contributed by atoms with Crippen molar-refractivity contribution in [3.05, 3.63) is 35.4 Å². The summed E-state index contributed by atoms with van der Waals surface area (Å²) in [4.78, 5) is 2.01. The normalized spacial score (nSPS) is 12.1. The Labute approximate surface area is 201 Å². The van der Waals surface area contributed by atoms with Gasteiger partial charge in [0.2, 0.25) is 0 Å². The highest BCUT2D eigenvalue weighted by Gasteiger charge is 2.24. The van der Waals surface area contributed by atoms with Gasteiger partial charge >= 0.3 is 0 Å². The molecule has 0 saturated carbocycles. The summed E-state index contributed by atoms with van der Waals surface area (Å²) in [6.45, 7) is 17.7. The summed E-state index contributed by atoms with van der Waals surface area (Å²) in [5, 5.41) is 21.5. The van der Waals surface area contributed by atoms with Crippen LogP contribution in [-0.2, 0) is 10.8 Å². The van der Waals surface area contributed by atoms with E-state index in [-0.39, 0.29) is 22.3 Å². The fourth-order valence-electron chi connectivity index (χ4n) is 3.15. The number of phenolic OH excluding ortho intramolecular Hbond substituents is 2. The van der Waals surface area contributed by atoms with Crippen LogP contribution in [0.4, 0.5) is 0 Å². The minimum atomic E-state index is -0.214. The number of hydrogen-bond donors (Lipinski definition) is 2. The van der Waals surface area contributed by atoms with Crippen LogP contribution in [0.3, 0.4) is 0 Å². The van der Waals surface area contributed by atoms with Crippen molar-refractivity contribution in [2.75, 3.05) is 13.2 Å². The molecule has 0 saturated heterocycles. The van der Waals surface area contributed by atoms with E-state index in [2.05, 4.69) is 41.5 Å². The van der Waals surface area contributed by atoms with Crippen LogP contribution in [0.15, 0.2) is 34.1 Å². The van der Waals surface area contributed by atoms with Gasteiger partial charge in [0.15, 0.2) is 23.0 Å². The average Bonchev–Trinajstić information content (AvgIpc) is 2.70. The Balaban J connectivity index is 2.40. The van der Waals surface area contributed by atoms with Gasteiger partial charge in [-0.25, -0.2) is 0 Å². The maximum Gasteiger partial charge on any atom is 0.162 e. The molecule has 0 unspecified atom stereocenters. The van der Waals surface area contributed by atoms with E-state index in [4.69, 9.17) is 9.47 Å². The van der Waals surface area contributed by atoms with Gasteiger partial charge in [-0.15, -0.1) is 0 Å². The standard InChI is InChI=1S/C26H38O4S2/c1-9-11-29-21-15-17(13-19(23(21)27)25(3,4)5)31-32-18-14-20(26(6,7)8)24(28)22(16-18)30-12-10-2/h13-16,27-28H,9-12H2,1-8H3. The smallest absolute Gasteiger partial charge is 0.162 e. The van der Waals surface area contributed by atoms with E-state index >= 15 is 0 Å². The third-order valence-corrected chi connectivity index (χ3v) is 7.21. The van der Waals surface area contributed by atoms with Gasteiger partial charge in [-0.05, 0) is 47.9 Å². The highest BCUT2D eigenvalue weighted by atomic mass is 33.1. The molecule has 0 heterocycles. The zero-order valence-electron chi connectivity index (χ0n) is 20.7. The first kappa shape index (κ1) is 26.6. The summed E-state index contributed by atoms with van der Waals surface area (Å²) < 4.78 is 11.7. The van der Waals surface area contributed by atoms with E-state index in [0.717, 1.165) is 33.8 Å². The second-order valence-corrected chi connectivity index (χ2v) is 12.3. The lowest BCUT2D eigenvalue weighted by atomic mass is 9.86. The predicted octanol–water partition coefficient (Wildman–Crippen LogP) is 8.07. The summed E-state index contributed by atoms with van der Waals surface area (Å²) in [5.41, 5.74) is 1.30. The molecule has 0 radical (unpaired) electrons. The highest BCUT2D eigenvalue weighted by molar-refractivity contribution is 8.76. The minimum Gasteiger partial charge on any atom is -0.504 e. The van der Waals surface area contributed by atoms with Crippen LogP contribution < -0.4 is 9.47 Å². The van der Waals surface area contributed by atoms with Gasteiger partial charge < -0.3 is 19.7 Å². The first-order valence-corrected chi connectivity index (χ1v) is 13.4. The Morgan fingerprint density at radius 1 is 0.656 bits per heavy atom. The molecular formula is C26H38O4S2. The first-order valence-electron chi connectivity index (χ1n) is 11.2. The van der Waals surface area contributed by atoms with E-state index in [0.29, 0.717) is 24.7 Å². The molecule has 2 aromatic carbocycles. The quantitative estimate of drug-likeness (QED) is 0.355. The van der Waals surface area contributed by atoms with Crippen LogP contribution in [-0.4, -0.2) is 23.4 Å². The fourth-order valence-corrected chi connectivity index (χ4v) is 5.13. The molecule has 0 aliphatic carbocycles. The van der Waals surface area contributed by atoms with Crippen LogP contribution >= 0.6 is 21.6 Å². The van der Waals surface area contributed by atoms with Crippen molar-refractivity contribution >= 4 is 21.6 Å². The SMILES string of the molecule is CCCOc1cc(SSc2cc(OCCC)c(O)c(C(C)(C)C)c2)cc(C(C)(C)C)c1O. The largest absolute Gasteiger partial charge is 0.504 e. The van der Waals surface area contributed by atoms with E-state index in [9.17, 15) is 10.2 Å². The van der Waals surface area contributed by atoms with E-state index < -0.39 is 0 Å². The predicted molar refractivity (Wildman–Crippen MR) is 137 cm³/mol. The fraction of sp³-hybridized carbons (Fsp3) is 0.538. The van der Waals surface area contributed by atoms with Crippen LogP contribution in [0.5, 0.6) is 23.0 Å². The molecule has 0 bridgehead atoms. The summed E-state index contributed by atoms with van der Waals surface area (Å²) in [7, 11) is 3.21. The maximum atomic E-state index is 10.8. The van der Waals surface area contributed by atoms with Crippen molar-refractivity contribution in [1.29, 1.82) is 0 Å². The summed E-state index contributed by atoms with van der Waals surface area (Å²) in [5.74, 6) is 1.48. The number of aromatic hydroxyl groups is 2. The molecule has 4 nitrogen and oxygen atoms in total. The van der Waals surface area contributed by atoms with Crippen LogP contribution in [0, 0.1) is 0 Å². The van der Waals surface area contributed by atoms with Gasteiger partial charge in [0.1, 0.15) is 0 Å². The van der Waals surface area contributed by atoms with Gasteiger partial charge in [-0.3, -0.25) is 0 Å². The lowest BCUT2D eigenvalue weighted by molar-refractivity contribution is 0.295. The molecule has 0 aromatic heterocycles. The lowest BCUT2D eigenvalue weighted by Crippen LogP contribution is -2.12. The zero-order valence-corrected chi connectivity index (χ0v) is 22.3. The molecule has 0 aliphatic heterocycles. The monoisotopic (exact) mass is 478 g/mol. The summed E-state index contributed by atoms with van der Waals surface area (Å²) in [6, 6.07) is 7.87. The van der Waals surface area contributed by atoms with Gasteiger partial charge in [0, 0.05) is 20.9 Å². The molecule has 0 aliphatic rings. The molecule has 0 atom stereocenters. The maximum absolute atomic E-state index is 10.8.